The van der Waals surface area contributed by atoms with Crippen LogP contribution in [0.3, 0.4) is 0 Å². The van der Waals surface area contributed by atoms with Gasteiger partial charge in [-0.1, -0.05) is 30.3 Å². The van der Waals surface area contributed by atoms with E-state index in [1.807, 2.05) is 12.1 Å². The Morgan fingerprint density at radius 1 is 1.13 bits per heavy atom. The quantitative estimate of drug-likeness (QED) is 0.329. The lowest BCUT2D eigenvalue weighted by molar-refractivity contribution is 0.281. The highest BCUT2D eigenvalue weighted by Crippen LogP contribution is 2.21. The van der Waals surface area contributed by atoms with Gasteiger partial charge >= 0.3 is 0 Å². The molecule has 0 amide bonds. The number of hydrogen-bond donors (Lipinski definition) is 1. The third kappa shape index (κ3) is 6.48. The summed E-state index contributed by atoms with van der Waals surface area (Å²) in [6.07, 6.45) is 6.56. The first kappa shape index (κ1) is 23.1. The van der Waals surface area contributed by atoms with E-state index in [9.17, 15) is 0 Å². The van der Waals surface area contributed by atoms with Gasteiger partial charge in [0, 0.05) is 32.6 Å². The standard InChI is InChI=1S/C24H34N4O.HI/c1-20(22-8-3-2-4-9-22)26-24(25-13-11-23-10-7-17-29-23)28-16-12-21(19-28)18-27-14-5-6-15-27;/h2-4,7-10,17,20-21H,5-6,11-16,18-19H2,1H3,(H,25,26);1H. The molecule has 2 unspecified atom stereocenters. The average Bonchev–Trinajstić information content (AvgIpc) is 3.51. The number of guanidine groups is 1. The molecular formula is C24H35IN4O. The maximum absolute atomic E-state index is 5.47. The monoisotopic (exact) mass is 522 g/mol. The zero-order valence-corrected chi connectivity index (χ0v) is 20.3. The molecule has 0 radical (unpaired) electrons. The first-order chi connectivity index (χ1) is 14.3. The number of rotatable bonds is 7. The largest absolute Gasteiger partial charge is 0.469 e. The SMILES string of the molecule is CC(NC(=NCCc1ccco1)N1CCC(CN2CCCC2)C1)c1ccccc1.I. The summed E-state index contributed by atoms with van der Waals surface area (Å²) < 4.78 is 5.47. The molecule has 3 heterocycles. The van der Waals surface area contributed by atoms with Gasteiger partial charge in [-0.05, 0) is 62.9 Å². The molecule has 2 saturated heterocycles. The van der Waals surface area contributed by atoms with Gasteiger partial charge in [-0.2, -0.15) is 0 Å². The number of benzene rings is 1. The molecule has 6 heteroatoms. The van der Waals surface area contributed by atoms with Crippen LogP contribution < -0.4 is 5.32 Å². The Bertz CT molecular complexity index is 759. The predicted octanol–water partition coefficient (Wildman–Crippen LogP) is 4.56. The summed E-state index contributed by atoms with van der Waals surface area (Å²) in [5, 5.41) is 3.70. The van der Waals surface area contributed by atoms with Crippen LogP contribution >= 0.6 is 24.0 Å². The second kappa shape index (κ2) is 11.7. The van der Waals surface area contributed by atoms with Crippen LogP contribution in [0.2, 0.25) is 0 Å². The van der Waals surface area contributed by atoms with Crippen LogP contribution in [0.4, 0.5) is 0 Å². The number of aliphatic imine (C=N–C) groups is 1. The molecule has 2 atom stereocenters. The molecular weight excluding hydrogens is 487 g/mol. The van der Waals surface area contributed by atoms with Gasteiger partial charge in [0.25, 0.3) is 0 Å². The molecule has 0 saturated carbocycles. The topological polar surface area (TPSA) is 44.0 Å². The van der Waals surface area contributed by atoms with Gasteiger partial charge in [-0.3, -0.25) is 4.99 Å². The van der Waals surface area contributed by atoms with Crippen LogP contribution in [0.5, 0.6) is 0 Å². The van der Waals surface area contributed by atoms with Crippen molar-refractivity contribution in [2.45, 2.75) is 38.6 Å². The lowest BCUT2D eigenvalue weighted by Crippen LogP contribution is -2.42. The fourth-order valence-electron chi connectivity index (χ4n) is 4.49. The van der Waals surface area contributed by atoms with Crippen molar-refractivity contribution in [2.75, 3.05) is 39.3 Å². The number of furan rings is 1. The molecule has 0 bridgehead atoms. The van der Waals surface area contributed by atoms with Crippen LogP contribution in [0.1, 0.15) is 43.6 Å². The molecule has 164 valence electrons. The van der Waals surface area contributed by atoms with Gasteiger partial charge in [0.1, 0.15) is 5.76 Å². The highest BCUT2D eigenvalue weighted by atomic mass is 127. The lowest BCUT2D eigenvalue weighted by atomic mass is 10.1. The molecule has 1 aromatic heterocycles. The molecule has 1 N–H and O–H groups in total. The Balaban J connectivity index is 0.00000256. The Hall–Kier alpha value is -1.54. The van der Waals surface area contributed by atoms with E-state index in [0.717, 1.165) is 43.7 Å². The van der Waals surface area contributed by atoms with E-state index in [2.05, 4.69) is 52.4 Å². The highest BCUT2D eigenvalue weighted by molar-refractivity contribution is 14.0. The number of nitrogens with zero attached hydrogens (tertiary/aromatic N) is 3. The van der Waals surface area contributed by atoms with Crippen LogP contribution in [0.25, 0.3) is 0 Å². The summed E-state index contributed by atoms with van der Waals surface area (Å²) in [5.74, 6) is 2.78. The molecule has 2 aliphatic heterocycles. The third-order valence-corrected chi connectivity index (χ3v) is 6.15. The maximum Gasteiger partial charge on any atom is 0.194 e. The lowest BCUT2D eigenvalue weighted by Gasteiger charge is -2.26. The summed E-state index contributed by atoms with van der Waals surface area (Å²) >= 11 is 0. The average molecular weight is 522 g/mol. The summed E-state index contributed by atoms with van der Waals surface area (Å²) in [6, 6.07) is 14.8. The first-order valence-corrected chi connectivity index (χ1v) is 11.1. The minimum atomic E-state index is 0. The highest BCUT2D eigenvalue weighted by Gasteiger charge is 2.28. The molecule has 0 spiro atoms. The number of hydrogen-bond acceptors (Lipinski definition) is 3. The Morgan fingerprint density at radius 3 is 2.67 bits per heavy atom. The zero-order chi connectivity index (χ0) is 19.9. The molecule has 30 heavy (non-hydrogen) atoms. The van der Waals surface area contributed by atoms with Gasteiger partial charge in [0.2, 0.25) is 0 Å². The van der Waals surface area contributed by atoms with Crippen molar-refractivity contribution in [3.63, 3.8) is 0 Å². The van der Waals surface area contributed by atoms with Gasteiger partial charge in [0.15, 0.2) is 5.96 Å². The van der Waals surface area contributed by atoms with E-state index >= 15 is 0 Å². The Morgan fingerprint density at radius 2 is 1.93 bits per heavy atom. The van der Waals surface area contributed by atoms with E-state index in [-0.39, 0.29) is 30.0 Å². The summed E-state index contributed by atoms with van der Waals surface area (Å²) in [5.41, 5.74) is 1.29. The third-order valence-electron chi connectivity index (χ3n) is 6.15. The second-order valence-electron chi connectivity index (χ2n) is 8.42. The Kier molecular flexibility index (Phi) is 9.05. The minimum Gasteiger partial charge on any atom is -0.469 e. The smallest absolute Gasteiger partial charge is 0.194 e. The maximum atomic E-state index is 5.47. The molecule has 4 rings (SSSR count). The molecule has 2 aliphatic rings. The van der Waals surface area contributed by atoms with Gasteiger partial charge in [0.05, 0.1) is 12.3 Å². The molecule has 0 aliphatic carbocycles. The van der Waals surface area contributed by atoms with Crippen LogP contribution in [0, 0.1) is 5.92 Å². The van der Waals surface area contributed by atoms with Crippen molar-refractivity contribution in [1.29, 1.82) is 0 Å². The summed E-state index contributed by atoms with van der Waals surface area (Å²) in [7, 11) is 0. The summed E-state index contributed by atoms with van der Waals surface area (Å²) in [6.45, 7) is 8.95. The number of halogens is 1. The molecule has 2 aromatic rings. The van der Waals surface area contributed by atoms with Crippen molar-refractivity contribution >= 4 is 29.9 Å². The minimum absolute atomic E-state index is 0. The number of likely N-dealkylation sites (tertiary alicyclic amines) is 2. The first-order valence-electron chi connectivity index (χ1n) is 11.1. The van der Waals surface area contributed by atoms with E-state index < -0.39 is 0 Å². The summed E-state index contributed by atoms with van der Waals surface area (Å²) in [4.78, 5) is 10.1. The van der Waals surface area contributed by atoms with E-state index in [1.54, 1.807) is 6.26 Å². The number of nitrogens with one attached hydrogen (secondary N) is 1. The zero-order valence-electron chi connectivity index (χ0n) is 18.0. The molecule has 1 aromatic carbocycles. The van der Waals surface area contributed by atoms with Gasteiger partial charge in [-0.25, -0.2) is 0 Å². The Labute approximate surface area is 197 Å². The van der Waals surface area contributed by atoms with Crippen molar-refractivity contribution in [2.24, 2.45) is 10.9 Å². The van der Waals surface area contributed by atoms with Crippen LogP contribution in [0.15, 0.2) is 58.1 Å². The van der Waals surface area contributed by atoms with Gasteiger partial charge in [-0.15, -0.1) is 24.0 Å². The van der Waals surface area contributed by atoms with Crippen molar-refractivity contribution < 1.29 is 4.42 Å². The van der Waals surface area contributed by atoms with Crippen molar-refractivity contribution in [3.8, 4) is 0 Å². The fraction of sp³-hybridized carbons (Fsp3) is 0.542. The van der Waals surface area contributed by atoms with Gasteiger partial charge < -0.3 is 19.5 Å². The van der Waals surface area contributed by atoms with Crippen LogP contribution in [-0.4, -0.2) is 55.0 Å². The van der Waals surface area contributed by atoms with Crippen LogP contribution in [-0.2, 0) is 6.42 Å². The predicted molar refractivity (Wildman–Crippen MR) is 133 cm³/mol. The van der Waals surface area contributed by atoms with E-state index in [4.69, 9.17) is 9.41 Å². The van der Waals surface area contributed by atoms with Crippen molar-refractivity contribution in [3.05, 3.63) is 60.1 Å². The van der Waals surface area contributed by atoms with E-state index in [1.165, 1.54) is 44.5 Å². The second-order valence-corrected chi connectivity index (χ2v) is 8.42. The molecule has 2 fully saturated rings. The normalized spacial score (nSPS) is 20.9. The van der Waals surface area contributed by atoms with Crippen molar-refractivity contribution in [1.82, 2.24) is 15.1 Å². The fourth-order valence-corrected chi connectivity index (χ4v) is 4.49. The van der Waals surface area contributed by atoms with E-state index in [0.29, 0.717) is 0 Å². The molecule has 5 nitrogen and oxygen atoms in total.